The highest BCUT2D eigenvalue weighted by molar-refractivity contribution is 5.54. The molecule has 5 N–H and O–H groups in total. The third kappa shape index (κ3) is 3.57. The Hall–Kier alpha value is -2.50. The molecule has 0 unspecified atom stereocenters. The fourth-order valence-corrected chi connectivity index (χ4v) is 3.39. The molecule has 0 atom stereocenters. The van der Waals surface area contributed by atoms with Gasteiger partial charge in [0, 0.05) is 16.7 Å². The number of halogens is 6. The summed E-state index contributed by atoms with van der Waals surface area (Å²) in [6.07, 6.45) is -11.9. The molecule has 2 aromatic rings. The lowest BCUT2D eigenvalue weighted by molar-refractivity contribution is -0.288. The van der Waals surface area contributed by atoms with Gasteiger partial charge in [0.2, 0.25) is 5.41 Å². The molecule has 2 aromatic carbocycles. The van der Waals surface area contributed by atoms with Gasteiger partial charge in [-0.2, -0.15) is 26.3 Å². The second kappa shape index (κ2) is 7.97. The first-order chi connectivity index (χ1) is 13.8. The number of phenols is 2. The van der Waals surface area contributed by atoms with E-state index < -0.39 is 76.9 Å². The van der Waals surface area contributed by atoms with E-state index in [0.29, 0.717) is 24.3 Å². The molecular weight excluding hydrogens is 422 g/mol. The Bertz CT molecular complexity index is 897. The number of hydrogen-bond acceptors (Lipinski definition) is 5. The summed E-state index contributed by atoms with van der Waals surface area (Å²) in [6, 6.07) is 1.61. The predicted octanol–water partition coefficient (Wildman–Crippen LogP) is 3.29. The van der Waals surface area contributed by atoms with Crippen LogP contribution in [0, 0.1) is 6.92 Å². The topological polar surface area (TPSA) is 101 Å². The Morgan fingerprint density at radius 3 is 1.30 bits per heavy atom. The zero-order chi connectivity index (χ0) is 23.1. The Kier molecular flexibility index (Phi) is 6.32. The predicted molar refractivity (Wildman–Crippen MR) is 91.6 cm³/mol. The summed E-state index contributed by atoms with van der Waals surface area (Å²) in [5, 5.41) is 47.6. The highest BCUT2D eigenvalue weighted by Crippen LogP contribution is 2.57. The Labute approximate surface area is 166 Å². The molecule has 0 fully saturated rings. The smallest absolute Gasteiger partial charge is 0.411 e. The van der Waals surface area contributed by atoms with Crippen molar-refractivity contribution in [3.63, 3.8) is 0 Å². The molecule has 0 amide bonds. The van der Waals surface area contributed by atoms with Crippen LogP contribution in [0.25, 0.3) is 0 Å². The molecule has 166 valence electrons. The first-order valence-corrected chi connectivity index (χ1v) is 8.40. The van der Waals surface area contributed by atoms with Crippen LogP contribution in [-0.4, -0.2) is 37.9 Å². The van der Waals surface area contributed by atoms with E-state index in [9.17, 15) is 51.9 Å². The molecule has 0 aliphatic rings. The minimum atomic E-state index is -5.97. The lowest BCUT2D eigenvalue weighted by Crippen LogP contribution is -2.55. The molecule has 0 bridgehead atoms. The van der Waals surface area contributed by atoms with Crippen LogP contribution >= 0.6 is 0 Å². The highest BCUT2D eigenvalue weighted by Gasteiger charge is 2.72. The summed E-state index contributed by atoms with van der Waals surface area (Å²) in [5.41, 5.74) is -9.56. The lowest BCUT2D eigenvalue weighted by Gasteiger charge is -2.39. The van der Waals surface area contributed by atoms with Gasteiger partial charge >= 0.3 is 12.4 Å². The SMILES string of the molecule is Cc1cc(C(c2cc(CO)c(O)c(CO)c2)(C(F)(F)F)C(F)(F)F)cc(CO)c1O. The van der Waals surface area contributed by atoms with Crippen molar-refractivity contribution < 1.29 is 51.9 Å². The van der Waals surface area contributed by atoms with Crippen LogP contribution in [0.4, 0.5) is 26.3 Å². The highest BCUT2D eigenvalue weighted by atomic mass is 19.4. The largest absolute Gasteiger partial charge is 0.507 e. The van der Waals surface area contributed by atoms with Gasteiger partial charge in [-0.05, 0) is 41.8 Å². The average molecular weight is 440 g/mol. The quantitative estimate of drug-likeness (QED) is 0.460. The molecule has 0 radical (unpaired) electrons. The van der Waals surface area contributed by atoms with Crippen molar-refractivity contribution in [3.05, 3.63) is 57.6 Å². The maximum atomic E-state index is 14.2. The standard InChI is InChI=1S/C19H18F6O5/c1-9-2-13(3-10(6-26)15(9)29)17(18(20,21)22,19(23,24)25)14-4-11(7-27)16(30)12(5-14)8-28/h2-5,26-30H,6-8H2,1H3. The summed E-state index contributed by atoms with van der Waals surface area (Å²) in [5.74, 6) is -1.49. The van der Waals surface area contributed by atoms with Crippen molar-refractivity contribution in [2.75, 3.05) is 0 Å². The van der Waals surface area contributed by atoms with E-state index in [4.69, 9.17) is 0 Å². The van der Waals surface area contributed by atoms with Gasteiger partial charge in [0.25, 0.3) is 0 Å². The normalized spacial score (nSPS) is 13.0. The van der Waals surface area contributed by atoms with Crippen molar-refractivity contribution in [3.8, 4) is 11.5 Å². The van der Waals surface area contributed by atoms with Gasteiger partial charge in [-0.25, -0.2) is 0 Å². The molecule has 0 saturated heterocycles. The number of benzene rings is 2. The number of rotatable bonds is 5. The third-order valence-electron chi connectivity index (χ3n) is 4.87. The van der Waals surface area contributed by atoms with Gasteiger partial charge in [0.05, 0.1) is 19.8 Å². The number of alkyl halides is 6. The zero-order valence-corrected chi connectivity index (χ0v) is 15.4. The van der Waals surface area contributed by atoms with Gasteiger partial charge in [0.15, 0.2) is 0 Å². The molecule has 0 heterocycles. The molecule has 0 saturated carbocycles. The number of aliphatic hydroxyl groups excluding tert-OH is 3. The number of hydrogen-bond donors (Lipinski definition) is 5. The minimum absolute atomic E-state index is 0.335. The van der Waals surface area contributed by atoms with Crippen molar-refractivity contribution in [2.24, 2.45) is 0 Å². The van der Waals surface area contributed by atoms with Crippen LogP contribution in [0.15, 0.2) is 24.3 Å². The van der Waals surface area contributed by atoms with Crippen LogP contribution in [0.2, 0.25) is 0 Å². The summed E-state index contributed by atoms with van der Waals surface area (Å²) < 4.78 is 85.5. The van der Waals surface area contributed by atoms with Crippen LogP contribution < -0.4 is 0 Å². The monoisotopic (exact) mass is 440 g/mol. The summed E-state index contributed by atoms with van der Waals surface area (Å²) in [6.45, 7) is -2.12. The molecule has 5 nitrogen and oxygen atoms in total. The maximum absolute atomic E-state index is 14.2. The third-order valence-corrected chi connectivity index (χ3v) is 4.87. The van der Waals surface area contributed by atoms with E-state index in [0.717, 1.165) is 6.92 Å². The lowest BCUT2D eigenvalue weighted by atomic mass is 9.71. The Balaban J connectivity index is 3.10. The van der Waals surface area contributed by atoms with E-state index in [1.54, 1.807) is 0 Å². The van der Waals surface area contributed by atoms with Crippen LogP contribution in [0.3, 0.4) is 0 Å². The maximum Gasteiger partial charge on any atom is 0.411 e. The number of aromatic hydroxyl groups is 2. The van der Waals surface area contributed by atoms with Crippen molar-refractivity contribution >= 4 is 0 Å². The second-order valence-electron chi connectivity index (χ2n) is 6.66. The molecule has 30 heavy (non-hydrogen) atoms. The summed E-state index contributed by atoms with van der Waals surface area (Å²) >= 11 is 0. The number of aliphatic hydroxyl groups is 3. The molecule has 0 aliphatic carbocycles. The molecule has 11 heteroatoms. The number of aryl methyl sites for hydroxylation is 1. The summed E-state index contributed by atoms with van der Waals surface area (Å²) in [4.78, 5) is 0. The first kappa shape index (κ1) is 23.8. The van der Waals surface area contributed by atoms with Gasteiger partial charge in [-0.15, -0.1) is 0 Å². The molecular formula is C19H18F6O5. The average Bonchev–Trinajstić information content (AvgIpc) is 2.63. The van der Waals surface area contributed by atoms with Crippen LogP contribution in [0.1, 0.15) is 33.4 Å². The van der Waals surface area contributed by atoms with Gasteiger partial charge < -0.3 is 25.5 Å². The second-order valence-corrected chi connectivity index (χ2v) is 6.66. The molecule has 0 spiro atoms. The summed E-state index contributed by atoms with van der Waals surface area (Å²) in [7, 11) is 0. The fourth-order valence-electron chi connectivity index (χ4n) is 3.39. The molecule has 0 aromatic heterocycles. The van der Waals surface area contributed by atoms with E-state index in [-0.39, 0.29) is 5.56 Å². The van der Waals surface area contributed by atoms with Crippen molar-refractivity contribution in [1.29, 1.82) is 0 Å². The molecule has 2 rings (SSSR count). The Morgan fingerprint density at radius 1 is 0.633 bits per heavy atom. The van der Waals surface area contributed by atoms with Crippen molar-refractivity contribution in [1.82, 2.24) is 0 Å². The van der Waals surface area contributed by atoms with Crippen molar-refractivity contribution in [2.45, 2.75) is 44.5 Å². The van der Waals surface area contributed by atoms with E-state index >= 15 is 0 Å². The van der Waals surface area contributed by atoms with Crippen LogP contribution in [0.5, 0.6) is 11.5 Å². The minimum Gasteiger partial charge on any atom is -0.507 e. The van der Waals surface area contributed by atoms with E-state index in [2.05, 4.69) is 0 Å². The molecule has 0 aliphatic heterocycles. The van der Waals surface area contributed by atoms with Gasteiger partial charge in [0.1, 0.15) is 11.5 Å². The van der Waals surface area contributed by atoms with E-state index in [1.165, 1.54) is 0 Å². The zero-order valence-electron chi connectivity index (χ0n) is 15.4. The fraction of sp³-hybridized carbons (Fsp3) is 0.368. The van der Waals surface area contributed by atoms with Gasteiger partial charge in [-0.1, -0.05) is 6.07 Å². The van der Waals surface area contributed by atoms with Gasteiger partial charge in [-0.3, -0.25) is 0 Å². The first-order valence-electron chi connectivity index (χ1n) is 8.40. The van der Waals surface area contributed by atoms with E-state index in [1.807, 2.05) is 0 Å². The Morgan fingerprint density at radius 2 is 0.967 bits per heavy atom. The van der Waals surface area contributed by atoms with Crippen LogP contribution in [-0.2, 0) is 25.2 Å².